The van der Waals surface area contributed by atoms with Gasteiger partial charge in [0.1, 0.15) is 23.4 Å². The summed E-state index contributed by atoms with van der Waals surface area (Å²) in [7, 11) is 0. The van der Waals surface area contributed by atoms with Crippen LogP contribution in [0, 0.1) is 23.1 Å². The molecule has 5 heteroatoms. The van der Waals surface area contributed by atoms with Gasteiger partial charge in [-0.1, -0.05) is 56.3 Å². The number of carbonyl (C=O) groups excluding carboxylic acids is 1. The summed E-state index contributed by atoms with van der Waals surface area (Å²) in [5, 5.41) is 9.62. The molecular weight excluding hydrogens is 381 g/mol. The third kappa shape index (κ3) is 5.24. The van der Waals surface area contributed by atoms with Crippen LogP contribution in [0.3, 0.4) is 0 Å². The molecule has 3 aromatic rings. The van der Waals surface area contributed by atoms with Crippen LogP contribution >= 0.6 is 0 Å². The Morgan fingerprint density at radius 2 is 1.57 bits per heavy atom. The van der Waals surface area contributed by atoms with E-state index in [1.165, 1.54) is 12.1 Å². The Hall–Kier alpha value is -3.65. The zero-order valence-corrected chi connectivity index (χ0v) is 16.8. The van der Waals surface area contributed by atoms with Gasteiger partial charge >= 0.3 is 5.97 Å². The van der Waals surface area contributed by atoms with Crippen LogP contribution in [0.15, 0.2) is 78.9 Å². The second-order valence-electron chi connectivity index (χ2n) is 7.21. The second-order valence-corrected chi connectivity index (χ2v) is 7.21. The lowest BCUT2D eigenvalue weighted by Crippen LogP contribution is -2.22. The number of ether oxygens (including phenoxy) is 2. The summed E-state index contributed by atoms with van der Waals surface area (Å²) in [6.07, 6.45) is -1.08. The quantitative estimate of drug-likeness (QED) is 0.443. The maximum Gasteiger partial charge on any atom is 0.315 e. The topological polar surface area (TPSA) is 59.3 Å². The molecule has 3 rings (SSSR count). The van der Waals surface area contributed by atoms with Crippen LogP contribution < -0.4 is 4.74 Å². The van der Waals surface area contributed by atoms with E-state index in [9.17, 15) is 14.4 Å². The van der Waals surface area contributed by atoms with E-state index >= 15 is 0 Å². The van der Waals surface area contributed by atoms with Gasteiger partial charge in [0.2, 0.25) is 6.10 Å². The number of benzene rings is 3. The fourth-order valence-electron chi connectivity index (χ4n) is 3.19. The molecular formula is C25H22FNO3. The third-order valence-electron chi connectivity index (χ3n) is 4.64. The monoisotopic (exact) mass is 403 g/mol. The molecule has 0 aliphatic carbocycles. The first-order chi connectivity index (χ1) is 14.5. The number of carbonyl (C=O) groups is 1. The van der Waals surface area contributed by atoms with Crippen LogP contribution in [0.4, 0.5) is 4.39 Å². The van der Waals surface area contributed by atoms with Crippen molar-refractivity contribution in [3.05, 3.63) is 95.8 Å². The van der Waals surface area contributed by atoms with Gasteiger partial charge < -0.3 is 9.47 Å². The van der Waals surface area contributed by atoms with E-state index in [2.05, 4.69) is 0 Å². The van der Waals surface area contributed by atoms with E-state index in [0.29, 0.717) is 22.6 Å². The molecule has 0 amide bonds. The highest BCUT2D eigenvalue weighted by molar-refractivity contribution is 5.79. The minimum atomic E-state index is -1.08. The highest BCUT2D eigenvalue weighted by atomic mass is 19.1. The molecule has 0 saturated carbocycles. The molecule has 2 atom stereocenters. The van der Waals surface area contributed by atoms with Crippen LogP contribution in [-0.2, 0) is 9.53 Å². The second kappa shape index (κ2) is 9.71. The summed E-state index contributed by atoms with van der Waals surface area (Å²) >= 11 is 0. The zero-order chi connectivity index (χ0) is 21.5. The Morgan fingerprint density at radius 1 is 0.900 bits per heavy atom. The van der Waals surface area contributed by atoms with E-state index in [4.69, 9.17) is 9.47 Å². The predicted molar refractivity (Wildman–Crippen MR) is 111 cm³/mol. The van der Waals surface area contributed by atoms with Crippen LogP contribution in [-0.4, -0.2) is 5.97 Å². The minimum Gasteiger partial charge on any atom is -0.457 e. The zero-order valence-electron chi connectivity index (χ0n) is 16.8. The van der Waals surface area contributed by atoms with Crippen molar-refractivity contribution in [1.29, 1.82) is 5.26 Å². The highest BCUT2D eigenvalue weighted by Crippen LogP contribution is 2.30. The van der Waals surface area contributed by atoms with Crippen molar-refractivity contribution in [2.75, 3.05) is 0 Å². The number of nitriles is 1. The van der Waals surface area contributed by atoms with Gasteiger partial charge in [0.25, 0.3) is 0 Å². The van der Waals surface area contributed by atoms with E-state index < -0.39 is 18.0 Å². The highest BCUT2D eigenvalue weighted by Gasteiger charge is 2.29. The van der Waals surface area contributed by atoms with Crippen molar-refractivity contribution in [3.8, 4) is 17.6 Å². The number of para-hydroxylation sites is 1. The number of hydrogen-bond donors (Lipinski definition) is 0. The largest absolute Gasteiger partial charge is 0.457 e. The van der Waals surface area contributed by atoms with Crippen molar-refractivity contribution >= 4 is 5.97 Å². The van der Waals surface area contributed by atoms with Gasteiger partial charge in [-0.25, -0.2) is 4.39 Å². The molecule has 0 aliphatic heterocycles. The van der Waals surface area contributed by atoms with E-state index in [1.807, 2.05) is 50.2 Å². The molecule has 0 aromatic heterocycles. The van der Waals surface area contributed by atoms with Crippen LogP contribution in [0.1, 0.15) is 37.0 Å². The number of halogens is 1. The van der Waals surface area contributed by atoms with Crippen molar-refractivity contribution in [1.82, 2.24) is 0 Å². The fourth-order valence-corrected chi connectivity index (χ4v) is 3.19. The lowest BCUT2D eigenvalue weighted by atomic mass is 9.88. The normalized spacial score (nSPS) is 12.6. The SMILES string of the molecule is CC(C)C(C(=O)OC(C#N)c1cccc(Oc2ccccc2)c1)c1ccc(F)cc1. The Bertz CT molecular complexity index is 1030. The van der Waals surface area contributed by atoms with E-state index in [0.717, 1.165) is 0 Å². The minimum absolute atomic E-state index is 0.0879. The number of nitrogens with zero attached hydrogens (tertiary/aromatic N) is 1. The number of hydrogen-bond acceptors (Lipinski definition) is 4. The van der Waals surface area contributed by atoms with Gasteiger partial charge in [0.15, 0.2) is 0 Å². The first-order valence-electron chi connectivity index (χ1n) is 9.66. The van der Waals surface area contributed by atoms with E-state index in [1.54, 1.807) is 36.4 Å². The summed E-state index contributed by atoms with van der Waals surface area (Å²) in [6, 6.07) is 23.9. The van der Waals surface area contributed by atoms with Crippen molar-refractivity contribution in [2.24, 2.45) is 5.92 Å². The molecule has 0 radical (unpaired) electrons. The summed E-state index contributed by atoms with van der Waals surface area (Å²) in [4.78, 5) is 12.9. The first-order valence-corrected chi connectivity index (χ1v) is 9.66. The summed E-state index contributed by atoms with van der Waals surface area (Å²) in [5.74, 6) is -0.400. The van der Waals surface area contributed by atoms with Gasteiger partial charge in [0.05, 0.1) is 5.92 Å². The summed E-state index contributed by atoms with van der Waals surface area (Å²) in [5.41, 5.74) is 1.16. The molecule has 3 aromatic carbocycles. The Morgan fingerprint density at radius 3 is 2.20 bits per heavy atom. The van der Waals surface area contributed by atoms with E-state index in [-0.39, 0.29) is 11.7 Å². The van der Waals surface area contributed by atoms with Crippen molar-refractivity contribution in [3.63, 3.8) is 0 Å². The molecule has 152 valence electrons. The standard InChI is InChI=1S/C25H22FNO3/c1-17(2)24(18-11-13-20(26)14-12-18)25(28)30-23(16-27)19-7-6-10-22(15-19)29-21-8-4-3-5-9-21/h3-15,17,23-24H,1-2H3. The fraction of sp³-hybridized carbons (Fsp3) is 0.200. The molecule has 0 spiro atoms. The van der Waals surface area contributed by atoms with Gasteiger partial charge in [-0.2, -0.15) is 5.26 Å². The molecule has 4 nitrogen and oxygen atoms in total. The molecule has 2 unspecified atom stereocenters. The predicted octanol–water partition coefficient (Wildman–Crippen LogP) is 6.17. The van der Waals surface area contributed by atoms with Crippen LogP contribution in [0.2, 0.25) is 0 Å². The van der Waals surface area contributed by atoms with Crippen LogP contribution in [0.5, 0.6) is 11.5 Å². The molecule has 0 fully saturated rings. The average Bonchev–Trinajstić information content (AvgIpc) is 2.74. The number of rotatable bonds is 7. The maximum absolute atomic E-state index is 13.3. The smallest absolute Gasteiger partial charge is 0.315 e. The molecule has 0 heterocycles. The Labute approximate surface area is 175 Å². The van der Waals surface area contributed by atoms with Gasteiger partial charge in [0, 0.05) is 5.56 Å². The van der Waals surface area contributed by atoms with Crippen molar-refractivity contribution in [2.45, 2.75) is 25.9 Å². The lowest BCUT2D eigenvalue weighted by Gasteiger charge is -2.22. The Kier molecular flexibility index (Phi) is 6.82. The summed E-state index contributed by atoms with van der Waals surface area (Å²) in [6.45, 7) is 3.76. The molecule has 0 aliphatic rings. The first kappa shape index (κ1) is 21.1. The van der Waals surface area contributed by atoms with Gasteiger partial charge in [-0.3, -0.25) is 4.79 Å². The number of esters is 1. The lowest BCUT2D eigenvalue weighted by molar-refractivity contribution is -0.150. The molecule has 30 heavy (non-hydrogen) atoms. The van der Waals surface area contributed by atoms with Gasteiger partial charge in [-0.05, 0) is 47.9 Å². The molecule has 0 bridgehead atoms. The summed E-state index contributed by atoms with van der Waals surface area (Å²) < 4.78 is 24.6. The third-order valence-corrected chi connectivity index (χ3v) is 4.64. The molecule has 0 N–H and O–H groups in total. The van der Waals surface area contributed by atoms with Crippen molar-refractivity contribution < 1.29 is 18.7 Å². The molecule has 0 saturated heterocycles. The van der Waals surface area contributed by atoms with Crippen LogP contribution in [0.25, 0.3) is 0 Å². The Balaban J connectivity index is 1.78. The van der Waals surface area contributed by atoms with Gasteiger partial charge in [-0.15, -0.1) is 0 Å². The maximum atomic E-state index is 13.3. The average molecular weight is 403 g/mol.